The van der Waals surface area contributed by atoms with Crippen molar-refractivity contribution in [2.24, 2.45) is 0 Å². The number of anilines is 1. The standard InChI is InChI=1S/C12H21N3OS/c1-16-8-3-6-15-7-5-13-12(15)14-11-4-2-9-17-10-11/h5,7,11H,2-4,6,8-10H2,1H3,(H,13,14). The normalized spacial score (nSPS) is 20.4. The van der Waals surface area contributed by atoms with E-state index in [0.717, 1.165) is 25.5 Å². The summed E-state index contributed by atoms with van der Waals surface area (Å²) in [7, 11) is 1.74. The first-order valence-corrected chi connectivity index (χ1v) is 7.40. The van der Waals surface area contributed by atoms with E-state index in [1.165, 1.54) is 24.3 Å². The SMILES string of the molecule is COCCCn1ccnc1NC1CCCSC1. The summed E-state index contributed by atoms with van der Waals surface area (Å²) in [4.78, 5) is 4.39. The Morgan fingerprint density at radius 2 is 2.59 bits per heavy atom. The summed E-state index contributed by atoms with van der Waals surface area (Å²) in [6.07, 6.45) is 7.50. The number of nitrogens with one attached hydrogen (secondary N) is 1. The highest BCUT2D eigenvalue weighted by Crippen LogP contribution is 2.20. The molecule has 96 valence electrons. The van der Waals surface area contributed by atoms with Crippen LogP contribution in [0.3, 0.4) is 0 Å². The number of aryl methyl sites for hydroxylation is 1. The molecule has 17 heavy (non-hydrogen) atoms. The zero-order valence-electron chi connectivity index (χ0n) is 10.4. The van der Waals surface area contributed by atoms with Crippen molar-refractivity contribution < 1.29 is 4.74 Å². The number of ether oxygens (including phenoxy) is 1. The van der Waals surface area contributed by atoms with Crippen LogP contribution >= 0.6 is 11.8 Å². The molecule has 1 fully saturated rings. The van der Waals surface area contributed by atoms with E-state index in [-0.39, 0.29) is 0 Å². The lowest BCUT2D eigenvalue weighted by atomic mass is 10.2. The number of aromatic nitrogens is 2. The first-order valence-electron chi connectivity index (χ1n) is 6.24. The van der Waals surface area contributed by atoms with Crippen molar-refractivity contribution >= 4 is 17.7 Å². The van der Waals surface area contributed by atoms with Gasteiger partial charge in [-0.15, -0.1) is 0 Å². The number of thioether (sulfide) groups is 1. The Kier molecular flexibility index (Phi) is 5.19. The molecule has 1 aliphatic rings. The number of rotatable bonds is 6. The molecule has 0 bridgehead atoms. The molecule has 0 aliphatic carbocycles. The van der Waals surface area contributed by atoms with Crippen LogP contribution in [-0.2, 0) is 11.3 Å². The van der Waals surface area contributed by atoms with E-state index in [1.807, 2.05) is 24.2 Å². The van der Waals surface area contributed by atoms with Crippen LogP contribution in [0, 0.1) is 0 Å². The van der Waals surface area contributed by atoms with Crippen LogP contribution < -0.4 is 5.32 Å². The Bertz CT molecular complexity index is 323. The van der Waals surface area contributed by atoms with Gasteiger partial charge in [-0.05, 0) is 25.0 Å². The van der Waals surface area contributed by atoms with Crippen molar-refractivity contribution in [1.82, 2.24) is 9.55 Å². The summed E-state index contributed by atoms with van der Waals surface area (Å²) in [5.74, 6) is 3.51. The van der Waals surface area contributed by atoms with Gasteiger partial charge in [0.2, 0.25) is 5.95 Å². The van der Waals surface area contributed by atoms with Crippen LogP contribution in [0.25, 0.3) is 0 Å². The molecule has 0 amide bonds. The molecule has 4 nitrogen and oxygen atoms in total. The molecule has 0 saturated carbocycles. The van der Waals surface area contributed by atoms with E-state index in [4.69, 9.17) is 4.74 Å². The molecular formula is C12H21N3OS. The largest absolute Gasteiger partial charge is 0.385 e. The van der Waals surface area contributed by atoms with Crippen LogP contribution in [0.2, 0.25) is 0 Å². The van der Waals surface area contributed by atoms with Crippen molar-refractivity contribution in [3.05, 3.63) is 12.4 Å². The molecule has 1 aromatic heterocycles. The second kappa shape index (κ2) is 6.91. The quantitative estimate of drug-likeness (QED) is 0.791. The fourth-order valence-electron chi connectivity index (χ4n) is 2.05. The van der Waals surface area contributed by atoms with Crippen LogP contribution in [-0.4, -0.2) is 40.8 Å². The zero-order valence-corrected chi connectivity index (χ0v) is 11.2. The highest BCUT2D eigenvalue weighted by Gasteiger charge is 2.15. The Labute approximate surface area is 107 Å². The van der Waals surface area contributed by atoms with Crippen molar-refractivity contribution in [3.63, 3.8) is 0 Å². The summed E-state index contributed by atoms with van der Waals surface area (Å²) in [5.41, 5.74) is 0. The fourth-order valence-corrected chi connectivity index (χ4v) is 3.12. The van der Waals surface area contributed by atoms with E-state index >= 15 is 0 Å². The van der Waals surface area contributed by atoms with Gasteiger partial charge in [-0.25, -0.2) is 4.98 Å². The molecule has 1 N–H and O–H groups in total. The van der Waals surface area contributed by atoms with Gasteiger partial charge in [0.15, 0.2) is 0 Å². The molecule has 2 heterocycles. The zero-order chi connectivity index (χ0) is 11.9. The number of hydrogen-bond acceptors (Lipinski definition) is 4. The number of imidazole rings is 1. The topological polar surface area (TPSA) is 39.1 Å². The average molecular weight is 255 g/mol. The van der Waals surface area contributed by atoms with Crippen LogP contribution in [0.15, 0.2) is 12.4 Å². The molecule has 1 unspecified atom stereocenters. The van der Waals surface area contributed by atoms with E-state index < -0.39 is 0 Å². The van der Waals surface area contributed by atoms with Crippen molar-refractivity contribution in [3.8, 4) is 0 Å². The molecule has 2 rings (SSSR count). The minimum atomic E-state index is 0.581. The van der Waals surface area contributed by atoms with Gasteiger partial charge in [-0.3, -0.25) is 0 Å². The number of nitrogens with zero attached hydrogens (tertiary/aromatic N) is 2. The monoisotopic (exact) mass is 255 g/mol. The molecule has 5 heteroatoms. The van der Waals surface area contributed by atoms with Gasteiger partial charge in [-0.2, -0.15) is 11.8 Å². The van der Waals surface area contributed by atoms with E-state index in [2.05, 4.69) is 14.9 Å². The first-order chi connectivity index (χ1) is 8.40. The van der Waals surface area contributed by atoms with Crippen LogP contribution in [0.4, 0.5) is 5.95 Å². The lowest BCUT2D eigenvalue weighted by Gasteiger charge is -2.23. The maximum atomic E-state index is 5.07. The van der Waals surface area contributed by atoms with Gasteiger partial charge in [0, 0.05) is 44.4 Å². The number of methoxy groups -OCH3 is 1. The molecule has 1 atom stereocenters. The average Bonchev–Trinajstić information content (AvgIpc) is 2.79. The Balaban J connectivity index is 1.84. The maximum Gasteiger partial charge on any atom is 0.203 e. The molecule has 0 aromatic carbocycles. The van der Waals surface area contributed by atoms with Gasteiger partial charge in [0.05, 0.1) is 0 Å². The van der Waals surface area contributed by atoms with Gasteiger partial charge >= 0.3 is 0 Å². The van der Waals surface area contributed by atoms with Gasteiger partial charge in [-0.1, -0.05) is 0 Å². The summed E-state index contributed by atoms with van der Waals surface area (Å²) >= 11 is 2.03. The van der Waals surface area contributed by atoms with E-state index in [0.29, 0.717) is 6.04 Å². The molecule has 0 spiro atoms. The summed E-state index contributed by atoms with van der Waals surface area (Å²) < 4.78 is 7.25. The first kappa shape index (κ1) is 12.8. The second-order valence-corrected chi connectivity index (χ2v) is 5.50. The lowest BCUT2D eigenvalue weighted by Crippen LogP contribution is -2.27. The van der Waals surface area contributed by atoms with E-state index in [9.17, 15) is 0 Å². The predicted octanol–water partition coefficient (Wildman–Crippen LogP) is 2.23. The predicted molar refractivity (Wildman–Crippen MR) is 72.7 cm³/mol. The van der Waals surface area contributed by atoms with Crippen molar-refractivity contribution in [1.29, 1.82) is 0 Å². The molecule has 1 aliphatic heterocycles. The summed E-state index contributed by atoms with van der Waals surface area (Å²) in [5, 5.41) is 3.55. The minimum absolute atomic E-state index is 0.581. The lowest BCUT2D eigenvalue weighted by molar-refractivity contribution is 0.190. The highest BCUT2D eigenvalue weighted by molar-refractivity contribution is 7.99. The molecular weight excluding hydrogens is 234 g/mol. The third-order valence-electron chi connectivity index (χ3n) is 2.96. The smallest absolute Gasteiger partial charge is 0.203 e. The summed E-state index contributed by atoms with van der Waals surface area (Å²) in [6.45, 7) is 1.77. The second-order valence-electron chi connectivity index (χ2n) is 4.35. The highest BCUT2D eigenvalue weighted by atomic mass is 32.2. The molecule has 0 radical (unpaired) electrons. The summed E-state index contributed by atoms with van der Waals surface area (Å²) in [6, 6.07) is 0.581. The van der Waals surface area contributed by atoms with E-state index in [1.54, 1.807) is 7.11 Å². The molecule has 1 aromatic rings. The minimum Gasteiger partial charge on any atom is -0.385 e. The third-order valence-corrected chi connectivity index (χ3v) is 4.17. The Hall–Kier alpha value is -0.680. The van der Waals surface area contributed by atoms with Crippen LogP contribution in [0.5, 0.6) is 0 Å². The Morgan fingerprint density at radius 1 is 1.65 bits per heavy atom. The third kappa shape index (κ3) is 3.92. The van der Waals surface area contributed by atoms with Crippen molar-refractivity contribution in [2.75, 3.05) is 30.5 Å². The van der Waals surface area contributed by atoms with Gasteiger partial charge < -0.3 is 14.6 Å². The van der Waals surface area contributed by atoms with Crippen molar-refractivity contribution in [2.45, 2.75) is 31.8 Å². The molecule has 1 saturated heterocycles. The Morgan fingerprint density at radius 3 is 3.35 bits per heavy atom. The number of hydrogen-bond donors (Lipinski definition) is 1. The maximum absolute atomic E-state index is 5.07. The van der Waals surface area contributed by atoms with Crippen LogP contribution in [0.1, 0.15) is 19.3 Å². The van der Waals surface area contributed by atoms with Gasteiger partial charge in [0.1, 0.15) is 0 Å². The fraction of sp³-hybridized carbons (Fsp3) is 0.750. The van der Waals surface area contributed by atoms with Gasteiger partial charge in [0.25, 0.3) is 0 Å².